The van der Waals surface area contributed by atoms with Crippen molar-refractivity contribution in [1.29, 1.82) is 0 Å². The summed E-state index contributed by atoms with van der Waals surface area (Å²) in [7, 11) is 0. The summed E-state index contributed by atoms with van der Waals surface area (Å²) >= 11 is 0. The van der Waals surface area contributed by atoms with E-state index in [1.165, 1.54) is 0 Å². The van der Waals surface area contributed by atoms with E-state index in [9.17, 15) is 5.11 Å². The molecule has 0 fully saturated rings. The molecule has 3 N–H and O–H groups in total. The van der Waals surface area contributed by atoms with Crippen LogP contribution in [0.1, 0.15) is 51.7 Å². The summed E-state index contributed by atoms with van der Waals surface area (Å²) in [6, 6.07) is 3.95. The van der Waals surface area contributed by atoms with Gasteiger partial charge in [0.15, 0.2) is 0 Å². The number of aryl methyl sites for hydroxylation is 1. The van der Waals surface area contributed by atoms with Gasteiger partial charge in [0.2, 0.25) is 0 Å². The second-order valence-electron chi connectivity index (χ2n) is 5.84. The molecule has 2 unspecified atom stereocenters. The van der Waals surface area contributed by atoms with E-state index in [2.05, 4.69) is 18.7 Å². The van der Waals surface area contributed by atoms with Crippen LogP contribution in [0, 0.1) is 6.92 Å². The first-order chi connectivity index (χ1) is 8.78. The highest BCUT2D eigenvalue weighted by atomic mass is 16.3. The normalized spacial score (nSPS) is 15.8. The molecular formula is C15H28N2O2. The minimum atomic E-state index is -0.747. The zero-order valence-corrected chi connectivity index (χ0v) is 12.8. The number of nitrogens with zero attached hydrogens (tertiary/aromatic N) is 1. The van der Waals surface area contributed by atoms with Crippen LogP contribution in [0.2, 0.25) is 0 Å². The Labute approximate surface area is 116 Å². The van der Waals surface area contributed by atoms with Gasteiger partial charge in [-0.15, -0.1) is 0 Å². The number of furan rings is 1. The Morgan fingerprint density at radius 2 is 2.00 bits per heavy atom. The SMILES string of the molecule is CCC(N)C(c1ccc(C)o1)N(CC)CC(C)(C)O. The molecule has 1 heterocycles. The van der Waals surface area contributed by atoms with Crippen molar-refractivity contribution in [2.75, 3.05) is 13.1 Å². The Kier molecular flexibility index (Phi) is 5.59. The molecule has 1 aromatic heterocycles. The van der Waals surface area contributed by atoms with E-state index >= 15 is 0 Å². The first-order valence-electron chi connectivity index (χ1n) is 7.06. The first-order valence-corrected chi connectivity index (χ1v) is 7.06. The number of hydrogen-bond acceptors (Lipinski definition) is 4. The first kappa shape index (κ1) is 16.2. The maximum Gasteiger partial charge on any atom is 0.122 e. The van der Waals surface area contributed by atoms with Gasteiger partial charge in [0.05, 0.1) is 11.6 Å². The topological polar surface area (TPSA) is 62.6 Å². The van der Waals surface area contributed by atoms with Crippen LogP contribution in [0.4, 0.5) is 0 Å². The molecule has 4 nitrogen and oxygen atoms in total. The number of likely N-dealkylation sites (N-methyl/N-ethyl adjacent to an activating group) is 1. The third kappa shape index (κ3) is 4.64. The van der Waals surface area contributed by atoms with Gasteiger partial charge < -0.3 is 15.3 Å². The van der Waals surface area contributed by atoms with Gasteiger partial charge in [-0.2, -0.15) is 0 Å². The smallest absolute Gasteiger partial charge is 0.122 e. The maximum atomic E-state index is 10.1. The lowest BCUT2D eigenvalue weighted by Gasteiger charge is -2.36. The average Bonchev–Trinajstić information content (AvgIpc) is 2.72. The molecule has 110 valence electrons. The number of aliphatic hydroxyl groups is 1. The molecule has 2 atom stereocenters. The van der Waals surface area contributed by atoms with Crippen molar-refractivity contribution in [3.05, 3.63) is 23.7 Å². The molecule has 1 aromatic rings. The van der Waals surface area contributed by atoms with Gasteiger partial charge in [0, 0.05) is 12.6 Å². The average molecular weight is 268 g/mol. The minimum absolute atomic E-state index is 0.00662. The fourth-order valence-electron chi connectivity index (χ4n) is 2.40. The summed E-state index contributed by atoms with van der Waals surface area (Å²) in [5.41, 5.74) is 5.52. The Bertz CT molecular complexity index is 382. The van der Waals surface area contributed by atoms with Crippen LogP contribution in [-0.2, 0) is 0 Å². The number of nitrogens with two attached hydrogens (primary N) is 1. The van der Waals surface area contributed by atoms with Gasteiger partial charge in [-0.1, -0.05) is 13.8 Å². The van der Waals surface area contributed by atoms with Crippen molar-refractivity contribution >= 4 is 0 Å². The van der Waals surface area contributed by atoms with E-state index in [-0.39, 0.29) is 12.1 Å². The van der Waals surface area contributed by atoms with E-state index < -0.39 is 5.60 Å². The highest BCUT2D eigenvalue weighted by molar-refractivity contribution is 5.12. The standard InChI is InChI=1S/C15H28N2O2/c1-6-12(16)14(13-9-8-11(3)19-13)17(7-2)10-15(4,5)18/h8-9,12,14,18H,6-7,10,16H2,1-5H3. The predicted octanol–water partition coefficient (Wildman–Crippen LogP) is 2.46. The molecule has 4 heteroatoms. The van der Waals surface area contributed by atoms with Crippen molar-refractivity contribution in [2.24, 2.45) is 5.73 Å². The zero-order valence-electron chi connectivity index (χ0n) is 12.8. The lowest BCUT2D eigenvalue weighted by molar-refractivity contribution is 0.0133. The maximum absolute atomic E-state index is 10.1. The van der Waals surface area contributed by atoms with Crippen LogP contribution in [0.3, 0.4) is 0 Å². The van der Waals surface area contributed by atoms with Crippen LogP contribution in [0.5, 0.6) is 0 Å². The lowest BCUT2D eigenvalue weighted by Crippen LogP contribution is -2.46. The second kappa shape index (κ2) is 6.55. The summed E-state index contributed by atoms with van der Waals surface area (Å²) in [6.07, 6.45) is 0.868. The molecule has 0 saturated carbocycles. The Hall–Kier alpha value is -0.840. The molecule has 0 saturated heterocycles. The molecule has 0 bridgehead atoms. The van der Waals surface area contributed by atoms with E-state index in [0.717, 1.165) is 24.5 Å². The van der Waals surface area contributed by atoms with Crippen molar-refractivity contribution in [3.8, 4) is 0 Å². The summed E-state index contributed by atoms with van der Waals surface area (Å²) in [5.74, 6) is 1.78. The van der Waals surface area contributed by atoms with Crippen molar-refractivity contribution in [1.82, 2.24) is 4.90 Å². The van der Waals surface area contributed by atoms with Crippen LogP contribution in [-0.4, -0.2) is 34.7 Å². The molecule has 0 radical (unpaired) electrons. The van der Waals surface area contributed by atoms with Gasteiger partial charge in [-0.3, -0.25) is 4.90 Å². The molecule has 0 aliphatic heterocycles. The van der Waals surface area contributed by atoms with Crippen LogP contribution in [0.15, 0.2) is 16.5 Å². The highest BCUT2D eigenvalue weighted by Gasteiger charge is 2.30. The summed E-state index contributed by atoms with van der Waals surface area (Å²) < 4.78 is 5.76. The van der Waals surface area contributed by atoms with Crippen molar-refractivity contribution in [3.63, 3.8) is 0 Å². The lowest BCUT2D eigenvalue weighted by atomic mass is 9.99. The molecule has 0 aromatic carbocycles. The fraction of sp³-hybridized carbons (Fsp3) is 0.733. The third-order valence-corrected chi connectivity index (χ3v) is 3.32. The molecular weight excluding hydrogens is 240 g/mol. The Balaban J connectivity index is 3.01. The summed E-state index contributed by atoms with van der Waals surface area (Å²) in [5, 5.41) is 10.1. The van der Waals surface area contributed by atoms with Crippen molar-refractivity contribution < 1.29 is 9.52 Å². The van der Waals surface area contributed by atoms with Gasteiger partial charge in [-0.25, -0.2) is 0 Å². The summed E-state index contributed by atoms with van der Waals surface area (Å²) in [6.45, 7) is 11.1. The quantitative estimate of drug-likeness (QED) is 0.797. The minimum Gasteiger partial charge on any atom is -0.465 e. The molecule has 0 spiro atoms. The molecule has 1 rings (SSSR count). The van der Waals surface area contributed by atoms with E-state index in [1.807, 2.05) is 32.9 Å². The van der Waals surface area contributed by atoms with E-state index in [0.29, 0.717) is 6.54 Å². The monoisotopic (exact) mass is 268 g/mol. The fourth-order valence-corrected chi connectivity index (χ4v) is 2.40. The Morgan fingerprint density at radius 3 is 2.37 bits per heavy atom. The van der Waals surface area contributed by atoms with E-state index in [1.54, 1.807) is 0 Å². The van der Waals surface area contributed by atoms with Crippen LogP contribution < -0.4 is 5.73 Å². The van der Waals surface area contributed by atoms with Crippen LogP contribution >= 0.6 is 0 Å². The number of hydrogen-bond donors (Lipinski definition) is 2. The van der Waals surface area contributed by atoms with Gasteiger partial charge in [0.25, 0.3) is 0 Å². The van der Waals surface area contributed by atoms with Gasteiger partial charge in [-0.05, 0) is 45.9 Å². The largest absolute Gasteiger partial charge is 0.465 e. The van der Waals surface area contributed by atoms with E-state index in [4.69, 9.17) is 10.2 Å². The molecule has 0 amide bonds. The molecule has 0 aliphatic carbocycles. The third-order valence-electron chi connectivity index (χ3n) is 3.32. The predicted molar refractivity (Wildman–Crippen MR) is 78.0 cm³/mol. The second-order valence-corrected chi connectivity index (χ2v) is 5.84. The highest BCUT2D eigenvalue weighted by Crippen LogP contribution is 2.28. The number of rotatable bonds is 7. The van der Waals surface area contributed by atoms with Crippen molar-refractivity contribution in [2.45, 2.75) is 58.7 Å². The van der Waals surface area contributed by atoms with Gasteiger partial charge >= 0.3 is 0 Å². The van der Waals surface area contributed by atoms with Crippen LogP contribution in [0.25, 0.3) is 0 Å². The molecule has 19 heavy (non-hydrogen) atoms. The Morgan fingerprint density at radius 1 is 1.37 bits per heavy atom. The molecule has 0 aliphatic rings. The van der Waals surface area contributed by atoms with Gasteiger partial charge in [0.1, 0.15) is 11.5 Å². The zero-order chi connectivity index (χ0) is 14.6. The summed E-state index contributed by atoms with van der Waals surface area (Å²) in [4.78, 5) is 2.19.